The molecule has 0 unspecified atom stereocenters. The van der Waals surface area contributed by atoms with Crippen molar-refractivity contribution >= 4 is 22.4 Å². The van der Waals surface area contributed by atoms with Crippen LogP contribution < -0.4 is 9.47 Å². The molecule has 0 aromatic heterocycles. The van der Waals surface area contributed by atoms with Crippen LogP contribution >= 0.6 is 0 Å². The second-order valence-corrected chi connectivity index (χ2v) is 11.3. The first-order chi connectivity index (χ1) is 18.8. The largest absolute Gasteiger partial charge is 0.493 e. The van der Waals surface area contributed by atoms with Crippen LogP contribution in [0.1, 0.15) is 47.9 Å². The van der Waals surface area contributed by atoms with Crippen LogP contribution in [-0.2, 0) is 9.84 Å². The molecule has 200 valence electrons. The van der Waals surface area contributed by atoms with Gasteiger partial charge in [-0.25, -0.2) is 8.42 Å². The summed E-state index contributed by atoms with van der Waals surface area (Å²) in [5.41, 5.74) is 4.00. The Balaban J connectivity index is 1.56. The van der Waals surface area contributed by atoms with Gasteiger partial charge in [0.05, 0.1) is 33.6 Å². The SMILES string of the molecule is CCCOc1ccc(-c2ccc(S(=O)(=O)c3ccc(-c4ccc(OC(C)C)c(C=O)c4)cc3)cc2)cc1C=O. The zero-order chi connectivity index (χ0) is 28.0. The Morgan fingerprint density at radius 2 is 1.10 bits per heavy atom. The highest BCUT2D eigenvalue weighted by atomic mass is 32.2. The van der Waals surface area contributed by atoms with Crippen molar-refractivity contribution in [3.63, 3.8) is 0 Å². The van der Waals surface area contributed by atoms with Crippen LogP contribution in [0.5, 0.6) is 11.5 Å². The first-order valence-corrected chi connectivity index (χ1v) is 14.2. The van der Waals surface area contributed by atoms with Crippen molar-refractivity contribution in [2.75, 3.05) is 6.61 Å². The van der Waals surface area contributed by atoms with Crippen molar-refractivity contribution in [2.45, 2.75) is 43.1 Å². The van der Waals surface area contributed by atoms with Crippen LogP contribution in [0.15, 0.2) is 94.7 Å². The Hall–Kier alpha value is -4.23. The van der Waals surface area contributed by atoms with Gasteiger partial charge in [-0.2, -0.15) is 0 Å². The van der Waals surface area contributed by atoms with Gasteiger partial charge in [0.15, 0.2) is 12.6 Å². The van der Waals surface area contributed by atoms with E-state index in [1.54, 1.807) is 72.8 Å². The Morgan fingerprint density at radius 3 is 1.54 bits per heavy atom. The highest BCUT2D eigenvalue weighted by Gasteiger charge is 2.18. The van der Waals surface area contributed by atoms with E-state index in [2.05, 4.69) is 0 Å². The van der Waals surface area contributed by atoms with E-state index in [4.69, 9.17) is 9.47 Å². The number of sulfone groups is 1. The molecule has 0 aliphatic heterocycles. The highest BCUT2D eigenvalue weighted by molar-refractivity contribution is 7.91. The van der Waals surface area contributed by atoms with E-state index in [1.807, 2.05) is 32.9 Å². The molecule has 0 heterocycles. The van der Waals surface area contributed by atoms with Gasteiger partial charge in [0.1, 0.15) is 11.5 Å². The van der Waals surface area contributed by atoms with Gasteiger partial charge in [0, 0.05) is 0 Å². The maximum atomic E-state index is 13.3. The van der Waals surface area contributed by atoms with Gasteiger partial charge in [-0.1, -0.05) is 43.3 Å². The molecule has 0 aliphatic carbocycles. The zero-order valence-electron chi connectivity index (χ0n) is 22.1. The Kier molecular flexibility index (Phi) is 8.62. The van der Waals surface area contributed by atoms with Crippen LogP contribution in [0.4, 0.5) is 0 Å². The quantitative estimate of drug-likeness (QED) is 0.189. The number of hydrogen-bond acceptors (Lipinski definition) is 6. The molecule has 0 bridgehead atoms. The predicted octanol–water partition coefficient (Wildman–Crippen LogP) is 7.05. The van der Waals surface area contributed by atoms with E-state index in [0.29, 0.717) is 29.2 Å². The van der Waals surface area contributed by atoms with Crippen LogP contribution in [0.3, 0.4) is 0 Å². The number of hydrogen-bond donors (Lipinski definition) is 0. The lowest BCUT2D eigenvalue weighted by Crippen LogP contribution is -2.07. The fraction of sp³-hybridized carbons (Fsp3) is 0.188. The van der Waals surface area contributed by atoms with Crippen LogP contribution in [0.25, 0.3) is 22.3 Å². The number of ether oxygens (including phenoxy) is 2. The third-order valence-corrected chi connectivity index (χ3v) is 7.88. The second kappa shape index (κ2) is 12.1. The second-order valence-electron chi connectivity index (χ2n) is 9.31. The van der Waals surface area contributed by atoms with E-state index in [-0.39, 0.29) is 15.9 Å². The average molecular weight is 543 g/mol. The molecule has 0 N–H and O–H groups in total. The van der Waals surface area contributed by atoms with Gasteiger partial charge in [0.2, 0.25) is 9.84 Å². The van der Waals surface area contributed by atoms with Gasteiger partial charge in [-0.3, -0.25) is 9.59 Å². The van der Waals surface area contributed by atoms with Crippen molar-refractivity contribution < 1.29 is 27.5 Å². The molecule has 7 heteroatoms. The summed E-state index contributed by atoms with van der Waals surface area (Å²) >= 11 is 0. The van der Waals surface area contributed by atoms with Crippen molar-refractivity contribution in [1.29, 1.82) is 0 Å². The molecule has 0 saturated heterocycles. The van der Waals surface area contributed by atoms with E-state index in [0.717, 1.165) is 41.2 Å². The van der Waals surface area contributed by atoms with Gasteiger partial charge < -0.3 is 9.47 Å². The average Bonchev–Trinajstić information content (AvgIpc) is 2.96. The lowest BCUT2D eigenvalue weighted by atomic mass is 10.0. The fourth-order valence-electron chi connectivity index (χ4n) is 4.13. The minimum atomic E-state index is -3.75. The molecule has 0 saturated carbocycles. The predicted molar refractivity (Wildman–Crippen MR) is 152 cm³/mol. The van der Waals surface area contributed by atoms with Crippen molar-refractivity contribution in [3.05, 3.63) is 96.1 Å². The molecule has 4 rings (SSSR count). The molecule has 6 nitrogen and oxygen atoms in total. The summed E-state index contributed by atoms with van der Waals surface area (Å²) in [6, 6.07) is 23.8. The number of carbonyl (C=O) groups is 2. The highest BCUT2D eigenvalue weighted by Crippen LogP contribution is 2.31. The number of aldehydes is 2. The molecule has 0 spiro atoms. The monoisotopic (exact) mass is 542 g/mol. The molecule has 4 aromatic carbocycles. The summed E-state index contributed by atoms with van der Waals surface area (Å²) in [4.78, 5) is 23.4. The van der Waals surface area contributed by atoms with Crippen LogP contribution in [-0.4, -0.2) is 33.7 Å². The van der Waals surface area contributed by atoms with Crippen LogP contribution in [0, 0.1) is 0 Å². The molecule has 4 aromatic rings. The van der Waals surface area contributed by atoms with Crippen molar-refractivity contribution in [3.8, 4) is 33.8 Å². The smallest absolute Gasteiger partial charge is 0.206 e. The van der Waals surface area contributed by atoms with Gasteiger partial charge in [-0.15, -0.1) is 0 Å². The summed E-state index contributed by atoms with van der Waals surface area (Å²) < 4.78 is 37.9. The Bertz CT molecular complexity index is 1570. The zero-order valence-corrected chi connectivity index (χ0v) is 22.9. The van der Waals surface area contributed by atoms with E-state index in [9.17, 15) is 18.0 Å². The molecular formula is C32H30O6S. The lowest BCUT2D eigenvalue weighted by Gasteiger charge is -2.13. The third kappa shape index (κ3) is 6.26. The Morgan fingerprint density at radius 1 is 0.667 bits per heavy atom. The van der Waals surface area contributed by atoms with Crippen molar-refractivity contribution in [2.24, 2.45) is 0 Å². The first kappa shape index (κ1) is 27.8. The van der Waals surface area contributed by atoms with Crippen LogP contribution in [0.2, 0.25) is 0 Å². The standard InChI is InChI=1S/C32H30O6S/c1-4-17-37-31-15-9-25(18-27(31)20-33)23-5-11-29(12-6-23)39(35,36)30-13-7-24(8-14-30)26-10-16-32(38-22(2)3)28(19-26)21-34/h5-16,18-22H,4,17H2,1-3H3. The van der Waals surface area contributed by atoms with E-state index in [1.165, 1.54) is 0 Å². The maximum Gasteiger partial charge on any atom is 0.206 e. The summed E-state index contributed by atoms with van der Waals surface area (Å²) in [7, 11) is -3.75. The van der Waals surface area contributed by atoms with E-state index >= 15 is 0 Å². The summed E-state index contributed by atoms with van der Waals surface area (Å²) in [5.74, 6) is 1.04. The van der Waals surface area contributed by atoms with Gasteiger partial charge in [-0.05, 0) is 91.1 Å². The van der Waals surface area contributed by atoms with Crippen molar-refractivity contribution in [1.82, 2.24) is 0 Å². The molecule has 0 amide bonds. The molecule has 0 aliphatic rings. The Labute approximate surface area is 229 Å². The van der Waals surface area contributed by atoms with Gasteiger partial charge in [0.25, 0.3) is 0 Å². The fourth-order valence-corrected chi connectivity index (χ4v) is 5.40. The number of benzene rings is 4. The third-order valence-electron chi connectivity index (χ3n) is 6.09. The minimum Gasteiger partial charge on any atom is -0.493 e. The minimum absolute atomic E-state index is 0.0624. The lowest BCUT2D eigenvalue weighted by molar-refractivity contribution is 0.111. The normalized spacial score (nSPS) is 11.3. The molecule has 39 heavy (non-hydrogen) atoms. The topological polar surface area (TPSA) is 86.7 Å². The summed E-state index contributed by atoms with van der Waals surface area (Å²) in [5, 5.41) is 0. The first-order valence-electron chi connectivity index (χ1n) is 12.7. The molecule has 0 atom stereocenters. The summed E-state index contributed by atoms with van der Waals surface area (Å²) in [6.07, 6.45) is 2.27. The van der Waals surface area contributed by atoms with Gasteiger partial charge >= 0.3 is 0 Å². The van der Waals surface area contributed by atoms with E-state index < -0.39 is 9.84 Å². The maximum absolute atomic E-state index is 13.3. The molecular weight excluding hydrogens is 512 g/mol. The summed E-state index contributed by atoms with van der Waals surface area (Å²) in [6.45, 7) is 6.29. The number of carbonyl (C=O) groups excluding carboxylic acids is 2. The molecule has 0 fully saturated rings. The number of rotatable bonds is 11. The molecule has 0 radical (unpaired) electrons.